The molecule has 16 heavy (non-hydrogen) atoms. The molecule has 0 aromatic heterocycles. The minimum absolute atomic E-state index is 0.474. The Morgan fingerprint density at radius 2 is 1.62 bits per heavy atom. The number of nitrogens with zero attached hydrogens (tertiary/aromatic N) is 1. The van der Waals surface area contributed by atoms with Gasteiger partial charge in [0.1, 0.15) is 0 Å². The molecule has 1 unspecified atom stereocenters. The molecule has 0 aliphatic heterocycles. The molecule has 0 N–H and O–H groups in total. The van der Waals surface area contributed by atoms with E-state index in [1.165, 1.54) is 45.3 Å². The Morgan fingerprint density at radius 1 is 1.00 bits per heavy atom. The molecule has 0 saturated heterocycles. The summed E-state index contributed by atoms with van der Waals surface area (Å²) in [4.78, 5) is 2.65. The first-order chi connectivity index (χ1) is 7.39. The van der Waals surface area contributed by atoms with Gasteiger partial charge in [0, 0.05) is 6.54 Å². The number of hydrogen-bond donors (Lipinski definition) is 0. The highest BCUT2D eigenvalue weighted by molar-refractivity contribution is 4.70. The van der Waals surface area contributed by atoms with Crippen LogP contribution in [0.4, 0.5) is 0 Å². The van der Waals surface area contributed by atoms with Gasteiger partial charge in [-0.05, 0) is 43.7 Å². The van der Waals surface area contributed by atoms with Crippen molar-refractivity contribution in [3.63, 3.8) is 0 Å². The van der Waals surface area contributed by atoms with Gasteiger partial charge in [0.2, 0.25) is 0 Å². The first-order valence-electron chi connectivity index (χ1n) is 7.11. The largest absolute Gasteiger partial charge is 0.303 e. The van der Waals surface area contributed by atoms with Crippen LogP contribution in [-0.4, -0.2) is 24.5 Å². The van der Waals surface area contributed by atoms with Gasteiger partial charge in [-0.15, -0.1) is 0 Å². The van der Waals surface area contributed by atoms with Gasteiger partial charge in [-0.25, -0.2) is 0 Å². The molecule has 98 valence electrons. The van der Waals surface area contributed by atoms with Crippen molar-refractivity contribution in [3.05, 3.63) is 0 Å². The molecule has 1 atom stereocenters. The van der Waals surface area contributed by atoms with E-state index in [1.807, 2.05) is 0 Å². The second-order valence-electron chi connectivity index (χ2n) is 6.52. The van der Waals surface area contributed by atoms with E-state index >= 15 is 0 Å². The molecular weight excluding hydrogens is 194 g/mol. The van der Waals surface area contributed by atoms with Gasteiger partial charge in [-0.2, -0.15) is 0 Å². The summed E-state index contributed by atoms with van der Waals surface area (Å²) in [5.74, 6) is 0.823. The third-order valence-corrected chi connectivity index (χ3v) is 2.90. The van der Waals surface area contributed by atoms with Crippen LogP contribution >= 0.6 is 0 Å². The smallest absolute Gasteiger partial charge is 0.000721 e. The Balaban J connectivity index is 3.96. The number of rotatable bonds is 8. The van der Waals surface area contributed by atoms with E-state index in [0.29, 0.717) is 5.41 Å². The molecule has 0 radical (unpaired) electrons. The highest BCUT2D eigenvalue weighted by Crippen LogP contribution is 2.24. The lowest BCUT2D eigenvalue weighted by molar-refractivity contribution is 0.198. The maximum absolute atomic E-state index is 2.65. The van der Waals surface area contributed by atoms with Gasteiger partial charge in [-0.3, -0.25) is 0 Å². The van der Waals surface area contributed by atoms with E-state index in [1.54, 1.807) is 0 Å². The zero-order chi connectivity index (χ0) is 12.6. The minimum Gasteiger partial charge on any atom is -0.303 e. The number of hydrogen-bond acceptors (Lipinski definition) is 1. The first kappa shape index (κ1) is 16.0. The molecular formula is C15H33N. The van der Waals surface area contributed by atoms with Gasteiger partial charge in [0.15, 0.2) is 0 Å². The third-order valence-electron chi connectivity index (χ3n) is 2.90. The molecule has 0 aromatic rings. The van der Waals surface area contributed by atoms with Gasteiger partial charge < -0.3 is 4.90 Å². The molecule has 0 saturated carbocycles. The summed E-state index contributed by atoms with van der Waals surface area (Å²) in [5, 5.41) is 0. The minimum atomic E-state index is 0.474. The third kappa shape index (κ3) is 9.21. The van der Waals surface area contributed by atoms with Crippen LogP contribution in [0.25, 0.3) is 0 Å². The lowest BCUT2D eigenvalue weighted by Crippen LogP contribution is -2.31. The van der Waals surface area contributed by atoms with Crippen LogP contribution in [-0.2, 0) is 0 Å². The topological polar surface area (TPSA) is 3.24 Å². The fraction of sp³-hybridized carbons (Fsp3) is 1.00. The first-order valence-corrected chi connectivity index (χ1v) is 7.11. The Bertz CT molecular complexity index is 157. The summed E-state index contributed by atoms with van der Waals surface area (Å²) >= 11 is 0. The zero-order valence-electron chi connectivity index (χ0n) is 12.5. The molecule has 0 heterocycles. The van der Waals surface area contributed by atoms with Crippen LogP contribution in [0.2, 0.25) is 0 Å². The molecule has 0 spiro atoms. The van der Waals surface area contributed by atoms with Crippen LogP contribution in [0.15, 0.2) is 0 Å². The predicted octanol–water partition coefficient (Wildman–Crippen LogP) is 4.57. The molecule has 1 heteroatoms. The monoisotopic (exact) mass is 227 g/mol. The Hall–Kier alpha value is -0.0400. The van der Waals surface area contributed by atoms with Crippen LogP contribution in [0, 0.1) is 11.3 Å². The standard InChI is InChI=1S/C15H33N/c1-7-9-11-16(10-8-2)13-14(3)12-15(4,5)6/h14H,7-13H2,1-6H3. The second kappa shape index (κ2) is 8.11. The van der Waals surface area contributed by atoms with E-state index in [9.17, 15) is 0 Å². The van der Waals surface area contributed by atoms with Crippen molar-refractivity contribution in [1.29, 1.82) is 0 Å². The van der Waals surface area contributed by atoms with Crippen molar-refractivity contribution in [2.45, 2.75) is 67.2 Å². The molecule has 0 aliphatic carbocycles. The van der Waals surface area contributed by atoms with E-state index in [2.05, 4.69) is 46.4 Å². The predicted molar refractivity (Wildman–Crippen MR) is 74.9 cm³/mol. The van der Waals surface area contributed by atoms with Gasteiger partial charge in [0.25, 0.3) is 0 Å². The second-order valence-corrected chi connectivity index (χ2v) is 6.52. The van der Waals surface area contributed by atoms with Crippen molar-refractivity contribution >= 4 is 0 Å². The zero-order valence-corrected chi connectivity index (χ0v) is 12.5. The summed E-state index contributed by atoms with van der Waals surface area (Å²) in [6.07, 6.45) is 5.28. The van der Waals surface area contributed by atoms with Gasteiger partial charge in [-0.1, -0.05) is 48.0 Å². The average Bonchev–Trinajstić information content (AvgIpc) is 2.11. The van der Waals surface area contributed by atoms with Crippen molar-refractivity contribution in [1.82, 2.24) is 4.90 Å². The van der Waals surface area contributed by atoms with E-state index in [4.69, 9.17) is 0 Å². The van der Waals surface area contributed by atoms with E-state index in [-0.39, 0.29) is 0 Å². The summed E-state index contributed by atoms with van der Waals surface area (Å²) in [5.41, 5.74) is 0.474. The van der Waals surface area contributed by atoms with Crippen LogP contribution in [0.5, 0.6) is 0 Å². The van der Waals surface area contributed by atoms with Crippen LogP contribution < -0.4 is 0 Å². The summed E-state index contributed by atoms with van der Waals surface area (Å²) in [7, 11) is 0. The summed E-state index contributed by atoms with van der Waals surface area (Å²) in [6.45, 7) is 17.9. The van der Waals surface area contributed by atoms with Gasteiger partial charge in [0.05, 0.1) is 0 Å². The maximum atomic E-state index is 2.65. The average molecular weight is 227 g/mol. The maximum Gasteiger partial charge on any atom is 0.000721 e. The Kier molecular flexibility index (Phi) is 8.09. The highest BCUT2D eigenvalue weighted by atomic mass is 15.1. The summed E-state index contributed by atoms with van der Waals surface area (Å²) < 4.78 is 0. The Labute approximate surface area is 104 Å². The molecule has 0 aromatic carbocycles. The van der Waals surface area contributed by atoms with Crippen molar-refractivity contribution < 1.29 is 0 Å². The lowest BCUT2D eigenvalue weighted by atomic mass is 9.85. The van der Waals surface area contributed by atoms with Crippen molar-refractivity contribution in [2.24, 2.45) is 11.3 Å². The molecule has 0 fully saturated rings. The number of unbranched alkanes of at least 4 members (excludes halogenated alkanes) is 1. The fourth-order valence-electron chi connectivity index (χ4n) is 2.54. The Morgan fingerprint density at radius 3 is 2.06 bits per heavy atom. The van der Waals surface area contributed by atoms with Crippen molar-refractivity contribution in [3.8, 4) is 0 Å². The molecule has 1 nitrogen and oxygen atoms in total. The van der Waals surface area contributed by atoms with E-state index in [0.717, 1.165) is 5.92 Å². The molecule has 0 amide bonds. The fourth-order valence-corrected chi connectivity index (χ4v) is 2.54. The molecule has 0 bridgehead atoms. The summed E-state index contributed by atoms with van der Waals surface area (Å²) in [6, 6.07) is 0. The lowest BCUT2D eigenvalue weighted by Gasteiger charge is -2.29. The van der Waals surface area contributed by atoms with Crippen LogP contribution in [0.3, 0.4) is 0 Å². The SMILES string of the molecule is CCCCN(CCC)CC(C)CC(C)(C)C. The van der Waals surface area contributed by atoms with Crippen molar-refractivity contribution in [2.75, 3.05) is 19.6 Å². The highest BCUT2D eigenvalue weighted by Gasteiger charge is 2.17. The van der Waals surface area contributed by atoms with E-state index < -0.39 is 0 Å². The van der Waals surface area contributed by atoms with Crippen LogP contribution in [0.1, 0.15) is 67.2 Å². The molecule has 0 aliphatic rings. The quantitative estimate of drug-likeness (QED) is 0.587. The van der Waals surface area contributed by atoms with Gasteiger partial charge >= 0.3 is 0 Å². The normalized spacial score (nSPS) is 14.4. The molecule has 0 rings (SSSR count).